The monoisotopic (exact) mass is 292 g/mol. The van der Waals surface area contributed by atoms with Crippen molar-refractivity contribution in [2.75, 3.05) is 19.3 Å². The highest BCUT2D eigenvalue weighted by atomic mass is 35.5. The summed E-state index contributed by atoms with van der Waals surface area (Å²) in [4.78, 5) is 0. The summed E-state index contributed by atoms with van der Waals surface area (Å²) in [6, 6.07) is 6.64. The van der Waals surface area contributed by atoms with Crippen LogP contribution in [0.2, 0.25) is 0 Å². The first-order valence-electron chi connectivity index (χ1n) is 5.43. The van der Waals surface area contributed by atoms with Crippen molar-refractivity contribution in [3.8, 4) is 17.6 Å². The molecule has 19 heavy (non-hydrogen) atoms. The lowest BCUT2D eigenvalue weighted by atomic mass is 10.2. The number of halogens is 4. The van der Waals surface area contributed by atoms with Gasteiger partial charge < -0.3 is 9.47 Å². The van der Waals surface area contributed by atoms with Gasteiger partial charge in [0.2, 0.25) is 0 Å². The lowest BCUT2D eigenvalue weighted by Gasteiger charge is -2.09. The van der Waals surface area contributed by atoms with Gasteiger partial charge in [-0.1, -0.05) is 11.8 Å². The molecular formula is C13H12ClF3O2. The zero-order valence-corrected chi connectivity index (χ0v) is 10.7. The SMILES string of the molecule is FC(F)(F)COCOc1ccc(C#CCCCl)cc1. The van der Waals surface area contributed by atoms with Crippen molar-refractivity contribution in [2.24, 2.45) is 0 Å². The molecule has 1 aromatic carbocycles. The number of benzene rings is 1. The fraction of sp³-hybridized carbons (Fsp3) is 0.385. The van der Waals surface area contributed by atoms with E-state index in [0.29, 0.717) is 18.1 Å². The minimum absolute atomic E-state index is 0.421. The first kappa shape index (κ1) is 15.7. The van der Waals surface area contributed by atoms with Crippen LogP contribution in [0.15, 0.2) is 24.3 Å². The van der Waals surface area contributed by atoms with Crippen LogP contribution in [0.3, 0.4) is 0 Å². The van der Waals surface area contributed by atoms with Crippen molar-refractivity contribution in [1.82, 2.24) is 0 Å². The average Bonchev–Trinajstić information content (AvgIpc) is 2.36. The van der Waals surface area contributed by atoms with Gasteiger partial charge in [-0.2, -0.15) is 13.2 Å². The Morgan fingerprint density at radius 2 is 1.84 bits per heavy atom. The molecule has 1 aromatic rings. The minimum Gasteiger partial charge on any atom is -0.468 e. The molecule has 0 saturated heterocycles. The van der Waals surface area contributed by atoms with E-state index in [1.165, 1.54) is 0 Å². The van der Waals surface area contributed by atoms with Gasteiger partial charge in [0.25, 0.3) is 0 Å². The Balaban J connectivity index is 2.35. The summed E-state index contributed by atoms with van der Waals surface area (Å²) in [5.74, 6) is 6.66. The van der Waals surface area contributed by atoms with Crippen molar-refractivity contribution < 1.29 is 22.6 Å². The van der Waals surface area contributed by atoms with Gasteiger partial charge in [-0.3, -0.25) is 0 Å². The van der Waals surface area contributed by atoms with Crippen LogP contribution in [0.25, 0.3) is 0 Å². The van der Waals surface area contributed by atoms with E-state index in [1.807, 2.05) is 0 Å². The Bertz CT molecular complexity index is 432. The predicted molar refractivity (Wildman–Crippen MR) is 66.2 cm³/mol. The quantitative estimate of drug-likeness (QED) is 0.357. The van der Waals surface area contributed by atoms with Gasteiger partial charge in [0.1, 0.15) is 12.4 Å². The second-order valence-electron chi connectivity index (χ2n) is 3.49. The zero-order valence-electron chi connectivity index (χ0n) is 9.97. The maximum Gasteiger partial charge on any atom is 0.411 e. The second kappa shape index (κ2) is 7.93. The Labute approximate surface area is 114 Å². The molecule has 0 aliphatic heterocycles. The third-order valence-corrected chi connectivity index (χ3v) is 2.07. The summed E-state index contributed by atoms with van der Waals surface area (Å²) in [5, 5.41) is 0. The standard InChI is InChI=1S/C13H12ClF3O2/c14-8-2-1-3-11-4-6-12(7-5-11)19-10-18-9-13(15,16)17/h4-7H,2,8-10H2. The largest absolute Gasteiger partial charge is 0.468 e. The summed E-state index contributed by atoms with van der Waals surface area (Å²) in [5.41, 5.74) is 0.786. The molecule has 0 spiro atoms. The van der Waals surface area contributed by atoms with E-state index in [9.17, 15) is 13.2 Å². The van der Waals surface area contributed by atoms with Gasteiger partial charge in [-0.25, -0.2) is 0 Å². The van der Waals surface area contributed by atoms with Crippen molar-refractivity contribution >= 4 is 11.6 Å². The highest BCUT2D eigenvalue weighted by Crippen LogP contribution is 2.15. The summed E-state index contributed by atoms with van der Waals surface area (Å²) in [6.45, 7) is -1.77. The number of hydrogen-bond donors (Lipinski definition) is 0. The fourth-order valence-electron chi connectivity index (χ4n) is 1.11. The molecule has 0 atom stereocenters. The van der Waals surface area contributed by atoms with Crippen LogP contribution in [-0.2, 0) is 4.74 Å². The van der Waals surface area contributed by atoms with Crippen molar-refractivity contribution in [3.63, 3.8) is 0 Å². The molecule has 0 aromatic heterocycles. The molecule has 0 heterocycles. The molecule has 6 heteroatoms. The van der Waals surface area contributed by atoms with E-state index in [4.69, 9.17) is 16.3 Å². The molecule has 2 nitrogen and oxygen atoms in total. The van der Waals surface area contributed by atoms with E-state index in [0.717, 1.165) is 5.56 Å². The highest BCUT2D eigenvalue weighted by Gasteiger charge is 2.27. The van der Waals surface area contributed by atoms with Gasteiger partial charge in [0.15, 0.2) is 6.79 Å². The first-order valence-corrected chi connectivity index (χ1v) is 5.97. The van der Waals surface area contributed by atoms with E-state index in [1.54, 1.807) is 24.3 Å². The number of rotatable bonds is 5. The molecule has 1 rings (SSSR count). The minimum atomic E-state index is -4.34. The average molecular weight is 293 g/mol. The maximum atomic E-state index is 11.8. The Kier molecular flexibility index (Phi) is 6.54. The molecule has 0 bridgehead atoms. The molecule has 0 aliphatic carbocycles. The van der Waals surface area contributed by atoms with Gasteiger partial charge in [0.05, 0.1) is 0 Å². The van der Waals surface area contributed by atoms with Crippen LogP contribution < -0.4 is 4.74 Å². The lowest BCUT2D eigenvalue weighted by Crippen LogP contribution is -2.19. The molecule has 0 amide bonds. The first-order chi connectivity index (χ1) is 9.01. The fourth-order valence-corrected chi connectivity index (χ4v) is 1.21. The third-order valence-electron chi connectivity index (χ3n) is 1.88. The predicted octanol–water partition coefficient (Wildman–Crippen LogP) is 3.58. The van der Waals surface area contributed by atoms with Gasteiger partial charge in [-0.15, -0.1) is 11.6 Å². The number of hydrogen-bond acceptors (Lipinski definition) is 2. The van der Waals surface area contributed by atoms with Crippen molar-refractivity contribution in [1.29, 1.82) is 0 Å². The lowest BCUT2D eigenvalue weighted by molar-refractivity contribution is -0.186. The van der Waals surface area contributed by atoms with Crippen molar-refractivity contribution in [3.05, 3.63) is 29.8 Å². The molecule has 0 fully saturated rings. The molecule has 0 radical (unpaired) electrons. The third kappa shape index (κ3) is 7.60. The molecule has 0 N–H and O–H groups in total. The maximum absolute atomic E-state index is 11.8. The molecule has 0 unspecified atom stereocenters. The number of alkyl halides is 4. The van der Waals surface area contributed by atoms with Crippen LogP contribution in [0, 0.1) is 11.8 Å². The van der Waals surface area contributed by atoms with Gasteiger partial charge in [0, 0.05) is 17.9 Å². The molecule has 0 aliphatic rings. The van der Waals surface area contributed by atoms with Crippen molar-refractivity contribution in [2.45, 2.75) is 12.6 Å². The summed E-state index contributed by atoms with van der Waals surface area (Å²) in [7, 11) is 0. The van der Waals surface area contributed by atoms with Crippen LogP contribution in [0.1, 0.15) is 12.0 Å². The summed E-state index contributed by atoms with van der Waals surface area (Å²) >= 11 is 5.48. The molecular weight excluding hydrogens is 281 g/mol. The molecule has 0 saturated carbocycles. The normalized spacial score (nSPS) is 10.7. The number of ether oxygens (including phenoxy) is 2. The zero-order chi connectivity index (χ0) is 14.1. The van der Waals surface area contributed by atoms with Crippen LogP contribution >= 0.6 is 11.6 Å². The summed E-state index contributed by atoms with van der Waals surface area (Å²) in [6.07, 6.45) is -3.74. The topological polar surface area (TPSA) is 18.5 Å². The van der Waals surface area contributed by atoms with E-state index < -0.39 is 19.6 Å². The van der Waals surface area contributed by atoms with Crippen LogP contribution in [0.5, 0.6) is 5.75 Å². The van der Waals surface area contributed by atoms with Crippen LogP contribution in [-0.4, -0.2) is 25.5 Å². The van der Waals surface area contributed by atoms with Crippen LogP contribution in [0.4, 0.5) is 13.2 Å². The smallest absolute Gasteiger partial charge is 0.411 e. The van der Waals surface area contributed by atoms with Gasteiger partial charge in [-0.05, 0) is 24.3 Å². The molecule has 104 valence electrons. The summed E-state index contributed by atoms with van der Waals surface area (Å²) < 4.78 is 44.6. The highest BCUT2D eigenvalue weighted by molar-refractivity contribution is 6.18. The Morgan fingerprint density at radius 3 is 2.42 bits per heavy atom. The van der Waals surface area contributed by atoms with E-state index >= 15 is 0 Å². The Morgan fingerprint density at radius 1 is 1.16 bits per heavy atom. The van der Waals surface area contributed by atoms with Gasteiger partial charge >= 0.3 is 6.18 Å². The van der Waals surface area contributed by atoms with E-state index in [2.05, 4.69) is 16.6 Å². The Hall–Kier alpha value is -1.38. The second-order valence-corrected chi connectivity index (χ2v) is 3.87. The van der Waals surface area contributed by atoms with E-state index in [-0.39, 0.29) is 0 Å².